The number of rotatable bonds is 6. The number of nitrogens with zero attached hydrogens (tertiary/aromatic N) is 1. The van der Waals surface area contributed by atoms with Gasteiger partial charge in [0.25, 0.3) is 5.91 Å². The van der Waals surface area contributed by atoms with Gasteiger partial charge in [-0.2, -0.15) is 0 Å². The maximum atomic E-state index is 12.3. The standard InChI is InChI=1S/C20H20N2O2S/c1-14-18(11-15-7-4-3-5-8-15)25-19(22-14)13-21-20(23)16-9-6-10-17(12-16)24-2/h3-10,12H,11,13H2,1-2H3,(H,21,23). The maximum absolute atomic E-state index is 12.3. The van der Waals surface area contributed by atoms with Gasteiger partial charge in [-0.3, -0.25) is 4.79 Å². The molecule has 3 aromatic rings. The molecule has 0 fully saturated rings. The van der Waals surface area contributed by atoms with E-state index in [0.717, 1.165) is 17.1 Å². The van der Waals surface area contributed by atoms with E-state index in [2.05, 4.69) is 22.4 Å². The minimum absolute atomic E-state index is 0.128. The van der Waals surface area contributed by atoms with Gasteiger partial charge in [0.2, 0.25) is 0 Å². The Morgan fingerprint density at radius 3 is 2.72 bits per heavy atom. The molecule has 0 bridgehead atoms. The first-order valence-corrected chi connectivity index (χ1v) is 8.88. The van der Waals surface area contributed by atoms with Crippen LogP contribution in [-0.4, -0.2) is 18.0 Å². The fourth-order valence-electron chi connectivity index (χ4n) is 2.53. The molecule has 3 rings (SSSR count). The van der Waals surface area contributed by atoms with Crippen molar-refractivity contribution in [1.82, 2.24) is 10.3 Å². The first kappa shape index (κ1) is 17.2. The molecule has 0 atom stereocenters. The molecule has 4 nitrogen and oxygen atoms in total. The Bertz CT molecular complexity index is 859. The van der Waals surface area contributed by atoms with Crippen LogP contribution in [0.3, 0.4) is 0 Å². The highest BCUT2D eigenvalue weighted by atomic mass is 32.1. The number of ether oxygens (including phenoxy) is 1. The van der Waals surface area contributed by atoms with Crippen molar-refractivity contribution in [2.75, 3.05) is 7.11 Å². The molecule has 1 N–H and O–H groups in total. The third-order valence-electron chi connectivity index (χ3n) is 3.88. The number of amides is 1. The number of carbonyl (C=O) groups is 1. The van der Waals surface area contributed by atoms with Gasteiger partial charge in [0, 0.05) is 16.9 Å². The van der Waals surface area contributed by atoms with Gasteiger partial charge in [0.1, 0.15) is 10.8 Å². The van der Waals surface area contributed by atoms with E-state index >= 15 is 0 Å². The van der Waals surface area contributed by atoms with Gasteiger partial charge >= 0.3 is 0 Å². The van der Waals surface area contributed by atoms with Crippen molar-refractivity contribution in [3.63, 3.8) is 0 Å². The predicted molar refractivity (Wildman–Crippen MR) is 100 cm³/mol. The summed E-state index contributed by atoms with van der Waals surface area (Å²) in [7, 11) is 1.59. The lowest BCUT2D eigenvalue weighted by molar-refractivity contribution is 0.0950. The molecular weight excluding hydrogens is 332 g/mol. The Hall–Kier alpha value is -2.66. The van der Waals surface area contributed by atoms with Crippen LogP contribution in [0.5, 0.6) is 5.75 Å². The molecule has 0 aliphatic rings. The number of nitrogens with one attached hydrogen (secondary N) is 1. The van der Waals surface area contributed by atoms with Crippen LogP contribution < -0.4 is 10.1 Å². The highest BCUT2D eigenvalue weighted by Gasteiger charge is 2.11. The molecule has 1 amide bonds. The summed E-state index contributed by atoms with van der Waals surface area (Å²) in [6, 6.07) is 17.4. The Morgan fingerprint density at radius 2 is 1.96 bits per heavy atom. The van der Waals surface area contributed by atoms with Gasteiger partial charge in [-0.25, -0.2) is 4.98 Å². The number of aryl methyl sites for hydroxylation is 1. The molecule has 0 radical (unpaired) electrons. The summed E-state index contributed by atoms with van der Waals surface area (Å²) in [5.41, 5.74) is 2.87. The summed E-state index contributed by atoms with van der Waals surface area (Å²) in [6.45, 7) is 2.44. The lowest BCUT2D eigenvalue weighted by Gasteiger charge is -2.05. The summed E-state index contributed by atoms with van der Waals surface area (Å²) in [6.07, 6.45) is 0.869. The summed E-state index contributed by atoms with van der Waals surface area (Å²) in [5.74, 6) is 0.541. The molecule has 0 unspecified atom stereocenters. The van der Waals surface area contributed by atoms with E-state index in [1.807, 2.05) is 31.2 Å². The second-order valence-corrected chi connectivity index (χ2v) is 6.86. The average molecular weight is 352 g/mol. The number of carbonyl (C=O) groups excluding carboxylic acids is 1. The minimum atomic E-state index is -0.128. The normalized spacial score (nSPS) is 10.5. The zero-order valence-electron chi connectivity index (χ0n) is 14.3. The summed E-state index contributed by atoms with van der Waals surface area (Å²) >= 11 is 1.65. The Kier molecular flexibility index (Phi) is 5.46. The van der Waals surface area contributed by atoms with Crippen molar-refractivity contribution in [2.45, 2.75) is 19.9 Å². The molecule has 1 aromatic heterocycles. The molecule has 0 spiro atoms. The van der Waals surface area contributed by atoms with Gasteiger partial charge in [-0.15, -0.1) is 11.3 Å². The van der Waals surface area contributed by atoms with Crippen LogP contribution in [0.2, 0.25) is 0 Å². The number of hydrogen-bond acceptors (Lipinski definition) is 4. The fraction of sp³-hybridized carbons (Fsp3) is 0.200. The Labute approximate surface area is 151 Å². The maximum Gasteiger partial charge on any atom is 0.251 e. The topological polar surface area (TPSA) is 51.2 Å². The largest absolute Gasteiger partial charge is 0.497 e. The average Bonchev–Trinajstić information content (AvgIpc) is 3.00. The number of hydrogen-bond donors (Lipinski definition) is 1. The van der Waals surface area contributed by atoms with Crippen molar-refractivity contribution in [3.8, 4) is 5.75 Å². The van der Waals surface area contributed by atoms with Crippen molar-refractivity contribution in [3.05, 3.63) is 81.3 Å². The Morgan fingerprint density at radius 1 is 1.16 bits per heavy atom. The van der Waals surface area contributed by atoms with Gasteiger partial charge in [0.05, 0.1) is 19.3 Å². The van der Waals surface area contributed by atoms with E-state index in [-0.39, 0.29) is 5.91 Å². The van der Waals surface area contributed by atoms with Gasteiger partial charge in [-0.05, 0) is 30.7 Å². The number of methoxy groups -OCH3 is 1. The van der Waals surface area contributed by atoms with Crippen LogP contribution in [0, 0.1) is 6.92 Å². The van der Waals surface area contributed by atoms with Crippen molar-refractivity contribution in [2.24, 2.45) is 0 Å². The highest BCUT2D eigenvalue weighted by Crippen LogP contribution is 2.21. The monoisotopic (exact) mass is 352 g/mol. The molecule has 25 heavy (non-hydrogen) atoms. The van der Waals surface area contributed by atoms with E-state index in [0.29, 0.717) is 17.9 Å². The number of thiazole rings is 1. The zero-order chi connectivity index (χ0) is 17.6. The van der Waals surface area contributed by atoms with Crippen LogP contribution in [0.4, 0.5) is 0 Å². The van der Waals surface area contributed by atoms with Gasteiger partial charge < -0.3 is 10.1 Å². The van der Waals surface area contributed by atoms with Gasteiger partial charge in [0.15, 0.2) is 0 Å². The second-order valence-electron chi connectivity index (χ2n) is 5.69. The molecule has 128 valence electrons. The highest BCUT2D eigenvalue weighted by molar-refractivity contribution is 7.11. The molecule has 0 saturated heterocycles. The number of aromatic nitrogens is 1. The molecule has 5 heteroatoms. The molecule has 0 aliphatic heterocycles. The first-order valence-electron chi connectivity index (χ1n) is 8.07. The molecule has 1 heterocycles. The zero-order valence-corrected chi connectivity index (χ0v) is 15.1. The predicted octanol–water partition coefficient (Wildman–Crippen LogP) is 3.98. The molecule has 2 aromatic carbocycles. The lowest BCUT2D eigenvalue weighted by Crippen LogP contribution is -2.22. The fourth-order valence-corrected chi connectivity index (χ4v) is 3.57. The van der Waals surface area contributed by atoms with E-state index in [1.165, 1.54) is 10.4 Å². The van der Waals surface area contributed by atoms with Crippen LogP contribution in [0.15, 0.2) is 54.6 Å². The van der Waals surface area contributed by atoms with Crippen molar-refractivity contribution >= 4 is 17.2 Å². The summed E-state index contributed by atoms with van der Waals surface area (Å²) < 4.78 is 5.15. The second kappa shape index (κ2) is 7.94. The van der Waals surface area contributed by atoms with Crippen LogP contribution in [0.25, 0.3) is 0 Å². The third-order valence-corrected chi connectivity index (χ3v) is 5.03. The van der Waals surface area contributed by atoms with Crippen molar-refractivity contribution in [1.29, 1.82) is 0 Å². The molecule has 0 saturated carbocycles. The number of benzene rings is 2. The van der Waals surface area contributed by atoms with Crippen molar-refractivity contribution < 1.29 is 9.53 Å². The van der Waals surface area contributed by atoms with Crippen LogP contribution in [-0.2, 0) is 13.0 Å². The van der Waals surface area contributed by atoms with Crippen LogP contribution in [0.1, 0.15) is 31.5 Å². The minimum Gasteiger partial charge on any atom is -0.497 e. The van der Waals surface area contributed by atoms with E-state index in [1.54, 1.807) is 36.6 Å². The van der Waals surface area contributed by atoms with E-state index in [4.69, 9.17) is 4.74 Å². The van der Waals surface area contributed by atoms with Gasteiger partial charge in [-0.1, -0.05) is 36.4 Å². The van der Waals surface area contributed by atoms with Crippen LogP contribution >= 0.6 is 11.3 Å². The molecular formula is C20H20N2O2S. The summed E-state index contributed by atoms with van der Waals surface area (Å²) in [5, 5.41) is 3.84. The lowest BCUT2D eigenvalue weighted by atomic mass is 10.1. The first-order chi connectivity index (χ1) is 12.2. The Balaban J connectivity index is 1.63. The van der Waals surface area contributed by atoms with E-state index < -0.39 is 0 Å². The third kappa shape index (κ3) is 4.45. The quantitative estimate of drug-likeness (QED) is 0.730. The summed E-state index contributed by atoms with van der Waals surface area (Å²) in [4.78, 5) is 18.1. The smallest absolute Gasteiger partial charge is 0.251 e. The SMILES string of the molecule is COc1cccc(C(=O)NCc2nc(C)c(Cc3ccccc3)s2)c1. The van der Waals surface area contributed by atoms with E-state index in [9.17, 15) is 4.79 Å². The molecule has 0 aliphatic carbocycles.